The first-order chi connectivity index (χ1) is 9.51. The molecule has 0 aromatic carbocycles. The highest BCUT2D eigenvalue weighted by Gasteiger charge is 2.47. The van der Waals surface area contributed by atoms with E-state index in [1.807, 2.05) is 6.92 Å². The minimum absolute atomic E-state index is 0.158. The lowest BCUT2D eigenvalue weighted by atomic mass is 9.90. The van der Waals surface area contributed by atoms with Gasteiger partial charge in [-0.3, -0.25) is 4.79 Å². The van der Waals surface area contributed by atoms with E-state index in [-0.39, 0.29) is 5.69 Å². The molecule has 0 aliphatic carbocycles. The fraction of sp³-hybridized carbons (Fsp3) is 0.500. The summed E-state index contributed by atoms with van der Waals surface area (Å²) in [5, 5.41) is 9.64. The van der Waals surface area contributed by atoms with E-state index < -0.39 is 17.4 Å². The first kappa shape index (κ1) is 14.3. The molecule has 1 aromatic heterocycles. The molecule has 0 spiro atoms. The number of carboxylic acid groups (broad SMARTS) is 1. The van der Waals surface area contributed by atoms with Crippen LogP contribution in [0.5, 0.6) is 0 Å². The molecule has 6 nitrogen and oxygen atoms in total. The predicted octanol–water partition coefficient (Wildman–Crippen LogP) is 1.40. The first-order valence-corrected chi connectivity index (χ1v) is 6.79. The zero-order valence-corrected chi connectivity index (χ0v) is 11.5. The molecule has 108 valence electrons. The maximum atomic E-state index is 11.8. The SMILES string of the molecule is CCCC1(C(=O)O)CCCN1c1cccc(C(N)=O)n1. The zero-order chi connectivity index (χ0) is 14.8. The van der Waals surface area contributed by atoms with Crippen LogP contribution in [0.3, 0.4) is 0 Å². The van der Waals surface area contributed by atoms with Crippen LogP contribution < -0.4 is 10.6 Å². The number of rotatable bonds is 5. The van der Waals surface area contributed by atoms with Crippen molar-refractivity contribution in [1.82, 2.24) is 4.98 Å². The van der Waals surface area contributed by atoms with Crippen LogP contribution in [-0.4, -0.2) is 34.1 Å². The molecule has 1 unspecified atom stereocenters. The quantitative estimate of drug-likeness (QED) is 0.848. The normalized spacial score (nSPS) is 21.9. The Morgan fingerprint density at radius 3 is 2.85 bits per heavy atom. The molecule has 2 heterocycles. The molecule has 1 amide bonds. The second-order valence-electron chi connectivity index (χ2n) is 5.09. The van der Waals surface area contributed by atoms with E-state index in [4.69, 9.17) is 5.73 Å². The standard InChI is InChI=1S/C14H19N3O3/c1-2-7-14(13(19)20)8-4-9-17(14)11-6-3-5-10(16-11)12(15)18/h3,5-6H,2,4,7-9H2,1H3,(H2,15,18)(H,19,20). The van der Waals surface area contributed by atoms with E-state index in [1.165, 1.54) is 6.07 Å². The highest BCUT2D eigenvalue weighted by molar-refractivity contribution is 5.91. The molecule has 3 N–H and O–H groups in total. The third-order valence-corrected chi connectivity index (χ3v) is 3.81. The molecule has 1 aliphatic rings. The largest absolute Gasteiger partial charge is 0.479 e. The number of nitrogens with zero attached hydrogens (tertiary/aromatic N) is 2. The molecule has 0 radical (unpaired) electrons. The Bertz CT molecular complexity index is 532. The third-order valence-electron chi connectivity index (χ3n) is 3.81. The van der Waals surface area contributed by atoms with Crippen molar-refractivity contribution in [2.24, 2.45) is 5.73 Å². The van der Waals surface area contributed by atoms with Crippen LogP contribution in [0.25, 0.3) is 0 Å². The van der Waals surface area contributed by atoms with Gasteiger partial charge in [-0.05, 0) is 31.4 Å². The Labute approximate surface area is 117 Å². The molecule has 1 fully saturated rings. The number of amides is 1. The number of primary amides is 1. The molecule has 2 rings (SSSR count). The van der Waals surface area contributed by atoms with Gasteiger partial charge in [-0.25, -0.2) is 9.78 Å². The van der Waals surface area contributed by atoms with E-state index in [1.54, 1.807) is 17.0 Å². The number of hydrogen-bond acceptors (Lipinski definition) is 4. The van der Waals surface area contributed by atoms with Gasteiger partial charge in [-0.2, -0.15) is 0 Å². The Morgan fingerprint density at radius 1 is 1.50 bits per heavy atom. The Hall–Kier alpha value is -2.11. The van der Waals surface area contributed by atoms with E-state index in [9.17, 15) is 14.7 Å². The van der Waals surface area contributed by atoms with Gasteiger partial charge in [-0.15, -0.1) is 0 Å². The fourth-order valence-corrected chi connectivity index (χ4v) is 2.93. The average molecular weight is 277 g/mol. The molecule has 1 atom stereocenters. The minimum atomic E-state index is -0.919. The monoisotopic (exact) mass is 277 g/mol. The average Bonchev–Trinajstić information content (AvgIpc) is 2.84. The molecule has 1 aliphatic heterocycles. The number of aromatic nitrogens is 1. The number of anilines is 1. The van der Waals surface area contributed by atoms with Crippen molar-refractivity contribution < 1.29 is 14.7 Å². The molecule has 0 saturated carbocycles. The minimum Gasteiger partial charge on any atom is -0.479 e. The van der Waals surface area contributed by atoms with Crippen molar-refractivity contribution in [2.75, 3.05) is 11.4 Å². The zero-order valence-electron chi connectivity index (χ0n) is 11.5. The molecular formula is C14H19N3O3. The maximum absolute atomic E-state index is 11.8. The second-order valence-corrected chi connectivity index (χ2v) is 5.09. The Morgan fingerprint density at radius 2 is 2.25 bits per heavy atom. The summed E-state index contributed by atoms with van der Waals surface area (Å²) in [5.74, 6) is -0.930. The molecular weight excluding hydrogens is 258 g/mol. The van der Waals surface area contributed by atoms with Crippen LogP contribution in [0.15, 0.2) is 18.2 Å². The predicted molar refractivity (Wildman–Crippen MR) is 74.6 cm³/mol. The van der Waals surface area contributed by atoms with Crippen molar-refractivity contribution in [3.63, 3.8) is 0 Å². The second kappa shape index (κ2) is 5.48. The van der Waals surface area contributed by atoms with Gasteiger partial charge in [0.1, 0.15) is 17.1 Å². The van der Waals surface area contributed by atoms with Crippen molar-refractivity contribution in [3.05, 3.63) is 23.9 Å². The fourth-order valence-electron chi connectivity index (χ4n) is 2.93. The van der Waals surface area contributed by atoms with Crippen LogP contribution in [0.1, 0.15) is 43.1 Å². The molecule has 0 bridgehead atoms. The van der Waals surface area contributed by atoms with Crippen LogP contribution in [0.2, 0.25) is 0 Å². The topological polar surface area (TPSA) is 96.5 Å². The van der Waals surface area contributed by atoms with E-state index in [0.29, 0.717) is 25.2 Å². The summed E-state index contributed by atoms with van der Waals surface area (Å²) in [6, 6.07) is 4.94. The summed E-state index contributed by atoms with van der Waals surface area (Å²) in [6.07, 6.45) is 2.73. The maximum Gasteiger partial charge on any atom is 0.329 e. The smallest absolute Gasteiger partial charge is 0.329 e. The summed E-state index contributed by atoms with van der Waals surface area (Å²) in [4.78, 5) is 29.0. The van der Waals surface area contributed by atoms with Crippen LogP contribution in [0, 0.1) is 0 Å². The van der Waals surface area contributed by atoms with Crippen molar-refractivity contribution in [1.29, 1.82) is 0 Å². The molecule has 1 aromatic rings. The summed E-state index contributed by atoms with van der Waals surface area (Å²) >= 11 is 0. The number of nitrogens with two attached hydrogens (primary N) is 1. The van der Waals surface area contributed by atoms with Gasteiger partial charge in [0.25, 0.3) is 5.91 Å². The lowest BCUT2D eigenvalue weighted by molar-refractivity contribution is -0.143. The number of carboxylic acids is 1. The van der Waals surface area contributed by atoms with E-state index >= 15 is 0 Å². The molecule has 6 heteroatoms. The number of hydrogen-bond donors (Lipinski definition) is 2. The summed E-state index contributed by atoms with van der Waals surface area (Å²) < 4.78 is 0. The summed E-state index contributed by atoms with van der Waals surface area (Å²) in [5.41, 5.74) is 4.47. The van der Waals surface area contributed by atoms with Crippen molar-refractivity contribution >= 4 is 17.7 Å². The van der Waals surface area contributed by atoms with Gasteiger partial charge in [-0.1, -0.05) is 19.4 Å². The van der Waals surface area contributed by atoms with Gasteiger partial charge < -0.3 is 15.7 Å². The van der Waals surface area contributed by atoms with Crippen molar-refractivity contribution in [2.45, 2.75) is 38.1 Å². The number of pyridine rings is 1. The van der Waals surface area contributed by atoms with E-state index in [2.05, 4.69) is 4.98 Å². The summed E-state index contributed by atoms with van der Waals surface area (Å²) in [6.45, 7) is 2.59. The first-order valence-electron chi connectivity index (χ1n) is 6.79. The van der Waals surface area contributed by atoms with Gasteiger partial charge in [0.2, 0.25) is 0 Å². The number of carbonyl (C=O) groups is 2. The Balaban J connectivity index is 2.41. The Kier molecular flexibility index (Phi) is 3.92. The van der Waals surface area contributed by atoms with Crippen LogP contribution in [0.4, 0.5) is 5.82 Å². The number of carbonyl (C=O) groups excluding carboxylic acids is 1. The van der Waals surface area contributed by atoms with Gasteiger partial charge >= 0.3 is 5.97 Å². The lowest BCUT2D eigenvalue weighted by Gasteiger charge is -2.35. The highest BCUT2D eigenvalue weighted by Crippen LogP contribution is 2.37. The van der Waals surface area contributed by atoms with Gasteiger partial charge in [0.05, 0.1) is 0 Å². The van der Waals surface area contributed by atoms with Gasteiger partial charge in [0.15, 0.2) is 0 Å². The lowest BCUT2D eigenvalue weighted by Crippen LogP contribution is -2.51. The summed E-state index contributed by atoms with van der Waals surface area (Å²) in [7, 11) is 0. The number of aliphatic carboxylic acids is 1. The third kappa shape index (κ3) is 2.33. The highest BCUT2D eigenvalue weighted by atomic mass is 16.4. The van der Waals surface area contributed by atoms with Crippen LogP contribution in [-0.2, 0) is 4.79 Å². The molecule has 1 saturated heterocycles. The van der Waals surface area contributed by atoms with Crippen LogP contribution >= 0.6 is 0 Å². The van der Waals surface area contributed by atoms with Crippen molar-refractivity contribution in [3.8, 4) is 0 Å². The van der Waals surface area contributed by atoms with E-state index in [0.717, 1.165) is 12.8 Å². The van der Waals surface area contributed by atoms with Gasteiger partial charge in [0, 0.05) is 6.54 Å². The molecule has 20 heavy (non-hydrogen) atoms.